The molecule has 2 aliphatic heterocycles. The van der Waals surface area contributed by atoms with E-state index in [1.165, 1.54) is 0 Å². The Labute approximate surface area is 149 Å². The molecule has 1 aromatic carbocycles. The Kier molecular flexibility index (Phi) is 5.03. The lowest BCUT2D eigenvalue weighted by atomic mass is 10.0. The summed E-state index contributed by atoms with van der Waals surface area (Å²) in [7, 11) is 0. The van der Waals surface area contributed by atoms with Crippen molar-refractivity contribution in [2.45, 2.75) is 38.0 Å². The summed E-state index contributed by atoms with van der Waals surface area (Å²) in [6.45, 7) is 2.80. The van der Waals surface area contributed by atoms with Crippen molar-refractivity contribution in [3.05, 3.63) is 40.0 Å². The topological polar surface area (TPSA) is 100 Å². The molecule has 5 N–H and O–H groups in total. The van der Waals surface area contributed by atoms with E-state index >= 15 is 0 Å². The number of allylic oxidation sites excluding steroid dienone is 1. The summed E-state index contributed by atoms with van der Waals surface area (Å²) in [5, 5.41) is 14.1. The number of hydrogen-bond acceptors (Lipinski definition) is 5. The Morgan fingerprint density at radius 1 is 1.46 bits per heavy atom. The molecule has 0 saturated carbocycles. The molecule has 1 aromatic rings. The Bertz CT molecular complexity index is 686. The fraction of sp³-hybridized carbons (Fsp3) is 0.412. The van der Waals surface area contributed by atoms with Crippen LogP contribution in [0.2, 0.25) is 0 Å². The number of ether oxygens (including phenoxy) is 1. The number of nitrogens with one attached hydrogen (secondary N) is 3. The number of nitrogens with two attached hydrogens (primary N) is 1. The summed E-state index contributed by atoms with van der Waals surface area (Å²) in [5.41, 5.74) is 7.79. The van der Waals surface area contributed by atoms with E-state index in [4.69, 9.17) is 15.9 Å². The monoisotopic (exact) mass is 392 g/mol. The third-order valence-electron chi connectivity index (χ3n) is 4.44. The predicted molar refractivity (Wildman–Crippen MR) is 97.3 cm³/mol. The first-order chi connectivity index (χ1) is 11.5. The van der Waals surface area contributed by atoms with Crippen LogP contribution in [0, 0.1) is 5.41 Å². The Morgan fingerprint density at radius 2 is 2.17 bits per heavy atom. The largest absolute Gasteiger partial charge is 0.401 e. The lowest BCUT2D eigenvalue weighted by molar-refractivity contribution is -0.110. The Balaban J connectivity index is 1.64. The summed E-state index contributed by atoms with van der Waals surface area (Å²) in [6, 6.07) is 7.95. The maximum atomic E-state index is 12.1. The molecule has 1 amide bonds. The maximum Gasteiger partial charge on any atom is 0.274 e. The van der Waals surface area contributed by atoms with Gasteiger partial charge in [-0.1, -0.05) is 19.1 Å². The van der Waals surface area contributed by atoms with Crippen molar-refractivity contribution < 1.29 is 9.53 Å². The van der Waals surface area contributed by atoms with Gasteiger partial charge in [-0.3, -0.25) is 10.2 Å². The van der Waals surface area contributed by atoms with Gasteiger partial charge in [-0.2, -0.15) is 0 Å². The molecule has 2 fully saturated rings. The molecule has 3 rings (SSSR count). The van der Waals surface area contributed by atoms with Gasteiger partial charge in [-0.05, 0) is 46.5 Å². The molecule has 0 aliphatic carbocycles. The first kappa shape index (κ1) is 17.1. The average molecular weight is 393 g/mol. The summed E-state index contributed by atoms with van der Waals surface area (Å²) < 4.78 is 6.30. The van der Waals surface area contributed by atoms with Gasteiger partial charge in [0, 0.05) is 24.0 Å². The minimum Gasteiger partial charge on any atom is -0.401 e. The minimum atomic E-state index is -0.496. The third-order valence-corrected chi connectivity index (χ3v) is 5.34. The van der Waals surface area contributed by atoms with Gasteiger partial charge in [-0.25, -0.2) is 0 Å². The van der Waals surface area contributed by atoms with Gasteiger partial charge in [0.05, 0.1) is 16.7 Å². The zero-order valence-electron chi connectivity index (χ0n) is 13.4. The average Bonchev–Trinajstić information content (AvgIpc) is 3.23. The number of carbonyl (C=O) groups excluding carboxylic acids is 1. The van der Waals surface area contributed by atoms with Gasteiger partial charge in [0.2, 0.25) is 0 Å². The predicted octanol–water partition coefficient (Wildman–Crippen LogP) is 2.42. The Hall–Kier alpha value is -1.70. The molecule has 6 nitrogen and oxygen atoms in total. The second kappa shape index (κ2) is 7.04. The molecule has 0 unspecified atom stereocenters. The van der Waals surface area contributed by atoms with E-state index in [-0.39, 0.29) is 11.8 Å². The summed E-state index contributed by atoms with van der Waals surface area (Å²) >= 11 is 3.20. The zero-order valence-corrected chi connectivity index (χ0v) is 15.0. The molecule has 0 spiro atoms. The van der Waals surface area contributed by atoms with Crippen molar-refractivity contribution in [1.29, 1.82) is 5.41 Å². The van der Waals surface area contributed by atoms with Crippen LogP contribution in [0.25, 0.3) is 0 Å². The highest BCUT2D eigenvalue weighted by Crippen LogP contribution is 2.37. The molecule has 7 heteroatoms. The molecule has 128 valence electrons. The van der Waals surface area contributed by atoms with Crippen molar-refractivity contribution in [2.75, 3.05) is 11.9 Å². The minimum absolute atomic E-state index is 0.0771. The van der Waals surface area contributed by atoms with E-state index in [1.807, 2.05) is 31.2 Å². The van der Waals surface area contributed by atoms with Crippen molar-refractivity contribution in [3.8, 4) is 0 Å². The summed E-state index contributed by atoms with van der Waals surface area (Å²) in [6.07, 6.45) is 2.02. The van der Waals surface area contributed by atoms with E-state index in [0.29, 0.717) is 34.4 Å². The fourth-order valence-electron chi connectivity index (χ4n) is 3.05. The molecule has 2 heterocycles. The number of amides is 1. The molecule has 2 aliphatic rings. The second-order valence-corrected chi connectivity index (χ2v) is 6.87. The van der Waals surface area contributed by atoms with Gasteiger partial charge >= 0.3 is 0 Å². The smallest absolute Gasteiger partial charge is 0.274 e. The van der Waals surface area contributed by atoms with Crippen LogP contribution in [0.15, 0.2) is 34.4 Å². The number of benzene rings is 1. The molecule has 24 heavy (non-hydrogen) atoms. The third kappa shape index (κ3) is 3.38. The van der Waals surface area contributed by atoms with E-state index < -0.39 is 5.91 Å². The van der Waals surface area contributed by atoms with Crippen LogP contribution in [-0.2, 0) is 9.53 Å². The molecular weight excluding hydrogens is 372 g/mol. The number of anilines is 1. The number of rotatable bonds is 5. The van der Waals surface area contributed by atoms with Crippen LogP contribution in [-0.4, -0.2) is 30.3 Å². The van der Waals surface area contributed by atoms with E-state index in [1.54, 1.807) is 0 Å². The van der Waals surface area contributed by atoms with Gasteiger partial charge in [-0.15, -0.1) is 0 Å². The number of morpholine rings is 1. The van der Waals surface area contributed by atoms with Crippen LogP contribution in [0.4, 0.5) is 5.69 Å². The van der Waals surface area contributed by atoms with E-state index in [2.05, 4.69) is 26.6 Å². The van der Waals surface area contributed by atoms with Crippen molar-refractivity contribution in [3.63, 3.8) is 0 Å². The van der Waals surface area contributed by atoms with Crippen molar-refractivity contribution in [2.24, 2.45) is 5.73 Å². The normalized spacial score (nSPS) is 26.2. The highest BCUT2D eigenvalue weighted by atomic mass is 79.9. The number of carbonyl (C=O) groups is 1. The number of halogens is 1. The van der Waals surface area contributed by atoms with Crippen LogP contribution in [0.1, 0.15) is 31.4 Å². The SMILES string of the molecule is CCC(N)=C(Br)C(=N)C(=O)Nc1ccc([C@@H]2O[C@H]3CN[C@@H]2C3)cc1. The highest BCUT2D eigenvalue weighted by molar-refractivity contribution is 9.12. The standard InChI is InChI=1S/C17H21BrN4O2/c1-2-12(19)14(18)15(20)17(23)22-10-5-3-9(4-6-10)16-13-7-11(24-16)8-21-13/h3-6,11,13,16,20-21H,2,7-8,19H2,1H3,(H,22,23)/t11-,13-,16+/m1/s1. The number of hydrogen-bond donors (Lipinski definition) is 4. The lowest BCUT2D eigenvalue weighted by Crippen LogP contribution is -2.34. The lowest BCUT2D eigenvalue weighted by Gasteiger charge is -2.23. The van der Waals surface area contributed by atoms with Gasteiger partial charge < -0.3 is 21.1 Å². The van der Waals surface area contributed by atoms with Crippen LogP contribution in [0.3, 0.4) is 0 Å². The number of fused-ring (bicyclic) bond motifs is 2. The summed E-state index contributed by atoms with van der Waals surface area (Å²) in [4.78, 5) is 12.1. The molecule has 2 saturated heterocycles. The first-order valence-corrected chi connectivity index (χ1v) is 8.82. The van der Waals surface area contributed by atoms with Crippen LogP contribution < -0.4 is 16.4 Å². The fourth-order valence-corrected chi connectivity index (χ4v) is 3.51. The van der Waals surface area contributed by atoms with Crippen molar-refractivity contribution >= 4 is 33.2 Å². The van der Waals surface area contributed by atoms with Gasteiger partial charge in [0.25, 0.3) is 5.91 Å². The Morgan fingerprint density at radius 3 is 2.71 bits per heavy atom. The molecule has 0 radical (unpaired) electrons. The molecule has 0 aromatic heterocycles. The summed E-state index contributed by atoms with van der Waals surface area (Å²) in [5.74, 6) is -0.496. The van der Waals surface area contributed by atoms with Crippen molar-refractivity contribution in [1.82, 2.24) is 5.32 Å². The first-order valence-electron chi connectivity index (χ1n) is 8.02. The maximum absolute atomic E-state index is 12.1. The zero-order chi connectivity index (χ0) is 17.3. The second-order valence-electron chi connectivity index (χ2n) is 6.07. The molecule has 2 bridgehead atoms. The quantitative estimate of drug-likeness (QED) is 0.578. The molecular formula is C17H21BrN4O2. The van der Waals surface area contributed by atoms with E-state index in [9.17, 15) is 4.79 Å². The van der Waals surface area contributed by atoms with Gasteiger partial charge in [0.15, 0.2) is 0 Å². The van der Waals surface area contributed by atoms with Crippen LogP contribution in [0.5, 0.6) is 0 Å². The van der Waals surface area contributed by atoms with Gasteiger partial charge in [0.1, 0.15) is 5.71 Å². The van der Waals surface area contributed by atoms with E-state index in [0.717, 1.165) is 18.5 Å². The van der Waals surface area contributed by atoms with Crippen LogP contribution >= 0.6 is 15.9 Å². The molecule has 3 atom stereocenters. The highest BCUT2D eigenvalue weighted by Gasteiger charge is 2.41.